The highest BCUT2D eigenvalue weighted by Crippen LogP contribution is 2.08. The molecule has 1 rings (SSSR count). The number of carbonyl (C=O) groups excluding carboxylic acids is 1. The summed E-state index contributed by atoms with van der Waals surface area (Å²) < 4.78 is 0. The van der Waals surface area contributed by atoms with Crippen LogP contribution in [0.4, 0.5) is 0 Å². The molecule has 0 radical (unpaired) electrons. The molecule has 1 heterocycles. The summed E-state index contributed by atoms with van der Waals surface area (Å²) in [4.78, 5) is 16.0. The number of likely N-dealkylation sites (tertiary alicyclic amines) is 1. The van der Waals surface area contributed by atoms with E-state index in [9.17, 15) is 4.79 Å². The molecule has 1 saturated heterocycles. The summed E-state index contributed by atoms with van der Waals surface area (Å²) in [7, 11) is 1.99. The first-order chi connectivity index (χ1) is 7.59. The molecule has 0 saturated carbocycles. The van der Waals surface area contributed by atoms with Crippen molar-refractivity contribution in [2.45, 2.75) is 38.6 Å². The summed E-state index contributed by atoms with van der Waals surface area (Å²) in [6.45, 7) is 5.32. The molecule has 0 aromatic heterocycles. The van der Waals surface area contributed by atoms with Crippen LogP contribution in [-0.2, 0) is 4.79 Å². The Labute approximate surface area is 98.8 Å². The van der Waals surface area contributed by atoms with Crippen LogP contribution < -0.4 is 5.73 Å². The summed E-state index contributed by atoms with van der Waals surface area (Å²) in [5.41, 5.74) is 5.69. The zero-order valence-corrected chi connectivity index (χ0v) is 10.6. The average molecular weight is 227 g/mol. The number of carbonyl (C=O) groups is 1. The SMILES string of the molecule is CC(N)CCN(C)CC(=O)N1CCCCC1. The van der Waals surface area contributed by atoms with E-state index in [4.69, 9.17) is 5.73 Å². The number of nitrogens with two attached hydrogens (primary N) is 1. The van der Waals surface area contributed by atoms with Gasteiger partial charge in [0.1, 0.15) is 0 Å². The van der Waals surface area contributed by atoms with Crippen molar-refractivity contribution in [2.24, 2.45) is 5.73 Å². The minimum absolute atomic E-state index is 0.215. The molecule has 4 nitrogen and oxygen atoms in total. The Bertz CT molecular complexity index is 212. The molecule has 1 aliphatic heterocycles. The Kier molecular flexibility index (Phi) is 5.77. The van der Waals surface area contributed by atoms with E-state index in [0.29, 0.717) is 6.54 Å². The van der Waals surface area contributed by atoms with Gasteiger partial charge >= 0.3 is 0 Å². The maximum absolute atomic E-state index is 11.9. The molecule has 1 unspecified atom stereocenters. The van der Waals surface area contributed by atoms with Gasteiger partial charge < -0.3 is 10.6 Å². The quantitative estimate of drug-likeness (QED) is 0.751. The number of piperidine rings is 1. The molecule has 0 bridgehead atoms. The zero-order chi connectivity index (χ0) is 12.0. The van der Waals surface area contributed by atoms with Crippen molar-refractivity contribution in [1.29, 1.82) is 0 Å². The molecule has 0 spiro atoms. The highest BCUT2D eigenvalue weighted by atomic mass is 16.2. The van der Waals surface area contributed by atoms with Gasteiger partial charge in [-0.1, -0.05) is 0 Å². The van der Waals surface area contributed by atoms with Crippen LogP contribution in [0.2, 0.25) is 0 Å². The minimum atomic E-state index is 0.215. The van der Waals surface area contributed by atoms with Gasteiger partial charge in [-0.2, -0.15) is 0 Å². The van der Waals surface area contributed by atoms with Crippen molar-refractivity contribution < 1.29 is 4.79 Å². The zero-order valence-electron chi connectivity index (χ0n) is 10.6. The van der Waals surface area contributed by atoms with Crippen molar-refractivity contribution in [1.82, 2.24) is 9.80 Å². The lowest BCUT2D eigenvalue weighted by molar-refractivity contribution is -0.133. The Balaban J connectivity index is 2.21. The fourth-order valence-electron chi connectivity index (χ4n) is 1.98. The van der Waals surface area contributed by atoms with Crippen LogP contribution in [0, 0.1) is 0 Å². The van der Waals surface area contributed by atoms with E-state index in [-0.39, 0.29) is 11.9 Å². The molecule has 1 atom stereocenters. The van der Waals surface area contributed by atoms with Gasteiger partial charge in [0.05, 0.1) is 6.54 Å². The van der Waals surface area contributed by atoms with E-state index in [1.54, 1.807) is 0 Å². The van der Waals surface area contributed by atoms with Gasteiger partial charge in [-0.3, -0.25) is 9.69 Å². The first kappa shape index (κ1) is 13.5. The highest BCUT2D eigenvalue weighted by Gasteiger charge is 2.17. The van der Waals surface area contributed by atoms with Crippen molar-refractivity contribution in [3.63, 3.8) is 0 Å². The first-order valence-electron chi connectivity index (χ1n) is 6.31. The van der Waals surface area contributed by atoms with Gasteiger partial charge in [0.15, 0.2) is 0 Å². The molecular formula is C12H25N3O. The molecule has 94 valence electrons. The molecular weight excluding hydrogens is 202 g/mol. The van der Waals surface area contributed by atoms with Crippen molar-refractivity contribution in [3.8, 4) is 0 Å². The van der Waals surface area contributed by atoms with Gasteiger partial charge in [0.25, 0.3) is 0 Å². The second-order valence-electron chi connectivity index (χ2n) is 4.95. The molecule has 16 heavy (non-hydrogen) atoms. The number of likely N-dealkylation sites (N-methyl/N-ethyl adjacent to an activating group) is 1. The Morgan fingerprint density at radius 3 is 2.56 bits per heavy atom. The van der Waals surface area contributed by atoms with Gasteiger partial charge in [0, 0.05) is 19.1 Å². The van der Waals surface area contributed by atoms with E-state index in [1.165, 1.54) is 6.42 Å². The standard InChI is InChI=1S/C12H25N3O/c1-11(13)6-9-14(2)10-12(16)15-7-4-3-5-8-15/h11H,3-10,13H2,1-2H3. The highest BCUT2D eigenvalue weighted by molar-refractivity contribution is 5.78. The molecule has 2 N–H and O–H groups in total. The molecule has 1 aliphatic rings. The van der Waals surface area contributed by atoms with Gasteiger partial charge in [-0.25, -0.2) is 0 Å². The third-order valence-electron chi connectivity index (χ3n) is 3.08. The van der Waals surface area contributed by atoms with Crippen LogP contribution in [0.1, 0.15) is 32.6 Å². The second-order valence-corrected chi connectivity index (χ2v) is 4.95. The number of nitrogens with zero attached hydrogens (tertiary/aromatic N) is 2. The van der Waals surface area contributed by atoms with Crippen LogP contribution in [0.3, 0.4) is 0 Å². The molecule has 1 amide bonds. The maximum atomic E-state index is 11.9. The van der Waals surface area contributed by atoms with E-state index in [1.807, 2.05) is 18.9 Å². The van der Waals surface area contributed by atoms with Gasteiger partial charge in [-0.05, 0) is 46.2 Å². The fraction of sp³-hybridized carbons (Fsp3) is 0.917. The van der Waals surface area contributed by atoms with E-state index in [0.717, 1.165) is 38.9 Å². The van der Waals surface area contributed by atoms with Crippen molar-refractivity contribution in [2.75, 3.05) is 33.2 Å². The summed E-state index contributed by atoms with van der Waals surface area (Å²) >= 11 is 0. The molecule has 4 heteroatoms. The lowest BCUT2D eigenvalue weighted by atomic mass is 10.1. The van der Waals surface area contributed by atoms with Crippen LogP contribution in [0.5, 0.6) is 0 Å². The lowest BCUT2D eigenvalue weighted by Crippen LogP contribution is -2.42. The fourth-order valence-corrected chi connectivity index (χ4v) is 1.98. The van der Waals surface area contributed by atoms with Crippen molar-refractivity contribution >= 4 is 5.91 Å². The van der Waals surface area contributed by atoms with Crippen LogP contribution in [0.15, 0.2) is 0 Å². The second kappa shape index (κ2) is 6.86. The van der Waals surface area contributed by atoms with Crippen molar-refractivity contribution in [3.05, 3.63) is 0 Å². The number of hydrogen-bond acceptors (Lipinski definition) is 3. The van der Waals surface area contributed by atoms with E-state index < -0.39 is 0 Å². The smallest absolute Gasteiger partial charge is 0.236 e. The molecule has 0 aliphatic carbocycles. The monoisotopic (exact) mass is 227 g/mol. The summed E-state index contributed by atoms with van der Waals surface area (Å²) in [6.07, 6.45) is 4.54. The minimum Gasteiger partial charge on any atom is -0.342 e. The topological polar surface area (TPSA) is 49.6 Å². The largest absolute Gasteiger partial charge is 0.342 e. The molecule has 0 aromatic carbocycles. The third-order valence-corrected chi connectivity index (χ3v) is 3.08. The Morgan fingerprint density at radius 1 is 1.38 bits per heavy atom. The normalized spacial score (nSPS) is 18.9. The number of hydrogen-bond donors (Lipinski definition) is 1. The predicted molar refractivity (Wildman–Crippen MR) is 66.2 cm³/mol. The number of rotatable bonds is 5. The van der Waals surface area contributed by atoms with Crippen LogP contribution in [0.25, 0.3) is 0 Å². The van der Waals surface area contributed by atoms with Crippen LogP contribution in [-0.4, -0.2) is 55.0 Å². The molecule has 1 fully saturated rings. The number of amides is 1. The molecule has 0 aromatic rings. The Hall–Kier alpha value is -0.610. The van der Waals surface area contributed by atoms with Gasteiger partial charge in [0.2, 0.25) is 5.91 Å². The van der Waals surface area contributed by atoms with E-state index >= 15 is 0 Å². The summed E-state index contributed by atoms with van der Waals surface area (Å²) in [6, 6.07) is 0.215. The van der Waals surface area contributed by atoms with E-state index in [2.05, 4.69) is 4.90 Å². The van der Waals surface area contributed by atoms with Crippen LogP contribution >= 0.6 is 0 Å². The van der Waals surface area contributed by atoms with Gasteiger partial charge in [-0.15, -0.1) is 0 Å². The Morgan fingerprint density at radius 2 is 2.00 bits per heavy atom. The lowest BCUT2D eigenvalue weighted by Gasteiger charge is -2.28. The predicted octanol–water partition coefficient (Wildman–Crippen LogP) is 0.668. The average Bonchev–Trinajstić information content (AvgIpc) is 2.27. The summed E-state index contributed by atoms with van der Waals surface area (Å²) in [5, 5.41) is 0. The summed E-state index contributed by atoms with van der Waals surface area (Å²) in [5.74, 6) is 0.270. The first-order valence-corrected chi connectivity index (χ1v) is 6.31. The maximum Gasteiger partial charge on any atom is 0.236 e. The third kappa shape index (κ3) is 4.94.